The van der Waals surface area contributed by atoms with Crippen LogP contribution < -0.4 is 0 Å². The molecule has 0 radical (unpaired) electrons. The molecule has 1 aromatic heterocycles. The second kappa shape index (κ2) is 6.59. The zero-order valence-corrected chi connectivity index (χ0v) is 12.8. The number of hydrogen-bond donors (Lipinski definition) is 0. The summed E-state index contributed by atoms with van der Waals surface area (Å²) in [6.07, 6.45) is 1.48. The van der Waals surface area contributed by atoms with E-state index < -0.39 is 10.7 Å². The van der Waals surface area contributed by atoms with Crippen LogP contribution >= 0.6 is 11.6 Å². The highest BCUT2D eigenvalue weighted by atomic mass is 35.5. The fourth-order valence-corrected chi connectivity index (χ4v) is 2.20. The first-order chi connectivity index (χ1) is 11.5. The molecule has 0 unspecified atom stereocenters. The van der Waals surface area contributed by atoms with Gasteiger partial charge in [0.2, 0.25) is 5.89 Å². The van der Waals surface area contributed by atoms with Crippen molar-refractivity contribution in [3.05, 3.63) is 75.9 Å². The van der Waals surface area contributed by atoms with Crippen LogP contribution in [-0.2, 0) is 0 Å². The van der Waals surface area contributed by atoms with Crippen LogP contribution in [0.15, 0.2) is 52.9 Å². The van der Waals surface area contributed by atoms with Crippen LogP contribution in [-0.4, -0.2) is 15.1 Å². The molecule has 0 bridgehead atoms. The maximum absolute atomic E-state index is 13.2. The van der Waals surface area contributed by atoms with E-state index in [1.165, 1.54) is 36.4 Å². The summed E-state index contributed by atoms with van der Waals surface area (Å²) in [7, 11) is 0. The quantitative estimate of drug-likeness (QED) is 0.513. The minimum absolute atomic E-state index is 0.0300. The van der Waals surface area contributed by atoms with Gasteiger partial charge in [-0.1, -0.05) is 29.8 Å². The minimum atomic E-state index is -0.516. The van der Waals surface area contributed by atoms with Gasteiger partial charge in [-0.2, -0.15) is 0 Å². The Hall–Kier alpha value is -3.06. The standard InChI is InChI=1S/C16H9ClFN3O3/c17-14(8-10-3-1-5-12(18)7-10)16-20-19-15(24-16)11-4-2-6-13(9-11)21(22)23/h1-9H/b14-8-. The molecule has 0 aliphatic heterocycles. The van der Waals surface area contributed by atoms with Crippen molar-refractivity contribution in [2.24, 2.45) is 0 Å². The Morgan fingerprint density at radius 3 is 2.75 bits per heavy atom. The van der Waals surface area contributed by atoms with E-state index in [4.69, 9.17) is 16.0 Å². The Labute approximate surface area is 140 Å². The third kappa shape index (κ3) is 3.47. The lowest BCUT2D eigenvalue weighted by Crippen LogP contribution is -1.88. The van der Waals surface area contributed by atoms with Crippen LogP contribution in [0.4, 0.5) is 10.1 Å². The largest absolute Gasteiger partial charge is 0.415 e. The normalized spacial score (nSPS) is 11.5. The zero-order chi connectivity index (χ0) is 17.1. The summed E-state index contributed by atoms with van der Waals surface area (Å²) in [4.78, 5) is 10.3. The van der Waals surface area contributed by atoms with Gasteiger partial charge in [0.05, 0.1) is 4.92 Å². The number of halogens is 2. The van der Waals surface area contributed by atoms with Crippen molar-refractivity contribution in [3.8, 4) is 11.5 Å². The molecule has 2 aromatic carbocycles. The number of nitro benzene ring substituents is 1. The molecule has 3 aromatic rings. The van der Waals surface area contributed by atoms with E-state index in [2.05, 4.69) is 10.2 Å². The molecule has 0 aliphatic rings. The van der Waals surface area contributed by atoms with Gasteiger partial charge in [0.1, 0.15) is 10.8 Å². The molecule has 24 heavy (non-hydrogen) atoms. The first-order valence-corrected chi connectivity index (χ1v) is 7.12. The summed E-state index contributed by atoms with van der Waals surface area (Å²) < 4.78 is 18.6. The van der Waals surface area contributed by atoms with E-state index in [-0.39, 0.29) is 22.5 Å². The zero-order valence-electron chi connectivity index (χ0n) is 12.0. The maximum atomic E-state index is 13.2. The topological polar surface area (TPSA) is 82.1 Å². The fraction of sp³-hybridized carbons (Fsp3) is 0. The van der Waals surface area contributed by atoms with E-state index in [1.807, 2.05) is 0 Å². The lowest BCUT2D eigenvalue weighted by atomic mass is 10.2. The molecule has 0 spiro atoms. The Morgan fingerprint density at radius 1 is 1.21 bits per heavy atom. The Balaban J connectivity index is 1.90. The highest BCUT2D eigenvalue weighted by molar-refractivity contribution is 6.50. The van der Waals surface area contributed by atoms with Gasteiger partial charge < -0.3 is 4.42 Å². The average Bonchev–Trinajstić information content (AvgIpc) is 3.05. The van der Waals surface area contributed by atoms with Crippen molar-refractivity contribution < 1.29 is 13.7 Å². The van der Waals surface area contributed by atoms with Crippen LogP contribution in [0.5, 0.6) is 0 Å². The number of hydrogen-bond acceptors (Lipinski definition) is 5. The summed E-state index contributed by atoms with van der Waals surface area (Å²) in [6, 6.07) is 11.6. The van der Waals surface area contributed by atoms with Crippen molar-refractivity contribution in [1.82, 2.24) is 10.2 Å². The molecule has 8 heteroatoms. The van der Waals surface area contributed by atoms with Crippen LogP contribution in [0.1, 0.15) is 11.5 Å². The Kier molecular flexibility index (Phi) is 4.35. The van der Waals surface area contributed by atoms with Gasteiger partial charge in [0.25, 0.3) is 11.6 Å². The summed E-state index contributed by atoms with van der Waals surface area (Å²) in [5.74, 6) is -0.266. The molecule has 3 rings (SSSR count). The van der Waals surface area contributed by atoms with Crippen LogP contribution in [0.2, 0.25) is 0 Å². The fourth-order valence-electron chi connectivity index (χ4n) is 1.99. The summed E-state index contributed by atoms with van der Waals surface area (Å²) >= 11 is 6.11. The van der Waals surface area contributed by atoms with Crippen LogP contribution in [0.25, 0.3) is 22.6 Å². The Bertz CT molecular complexity index is 940. The van der Waals surface area contributed by atoms with Gasteiger partial charge in [-0.05, 0) is 29.8 Å². The summed E-state index contributed by atoms with van der Waals surface area (Å²) in [5, 5.41) is 18.6. The second-order valence-electron chi connectivity index (χ2n) is 4.77. The van der Waals surface area contributed by atoms with Gasteiger partial charge in [0.15, 0.2) is 0 Å². The molecule has 0 amide bonds. The maximum Gasteiger partial charge on any atom is 0.270 e. The summed E-state index contributed by atoms with van der Waals surface area (Å²) in [5.41, 5.74) is 0.849. The van der Waals surface area contributed by atoms with Gasteiger partial charge >= 0.3 is 0 Å². The Morgan fingerprint density at radius 2 is 2.00 bits per heavy atom. The van der Waals surface area contributed by atoms with Gasteiger partial charge in [0, 0.05) is 17.7 Å². The predicted molar refractivity (Wildman–Crippen MR) is 86.5 cm³/mol. The second-order valence-corrected chi connectivity index (χ2v) is 5.17. The first-order valence-electron chi connectivity index (χ1n) is 6.74. The van der Waals surface area contributed by atoms with Crippen molar-refractivity contribution in [2.45, 2.75) is 0 Å². The number of nitro groups is 1. The smallest absolute Gasteiger partial charge is 0.270 e. The average molecular weight is 346 g/mol. The highest BCUT2D eigenvalue weighted by Gasteiger charge is 2.14. The molecule has 0 saturated carbocycles. The minimum Gasteiger partial charge on any atom is -0.415 e. The van der Waals surface area contributed by atoms with Gasteiger partial charge in [-0.25, -0.2) is 4.39 Å². The molecule has 0 fully saturated rings. The number of rotatable bonds is 4. The van der Waals surface area contributed by atoms with E-state index in [0.717, 1.165) is 0 Å². The van der Waals surface area contributed by atoms with Crippen molar-refractivity contribution >= 4 is 28.4 Å². The molecule has 0 saturated heterocycles. The summed E-state index contributed by atoms with van der Waals surface area (Å²) in [6.45, 7) is 0. The lowest BCUT2D eigenvalue weighted by Gasteiger charge is -1.96. The van der Waals surface area contributed by atoms with E-state index in [1.54, 1.807) is 18.2 Å². The van der Waals surface area contributed by atoms with Crippen molar-refractivity contribution in [3.63, 3.8) is 0 Å². The molecule has 0 aliphatic carbocycles. The monoisotopic (exact) mass is 345 g/mol. The number of nitrogens with zero attached hydrogens (tertiary/aromatic N) is 3. The van der Waals surface area contributed by atoms with Crippen molar-refractivity contribution in [2.75, 3.05) is 0 Å². The lowest BCUT2D eigenvalue weighted by molar-refractivity contribution is -0.384. The number of aromatic nitrogens is 2. The third-order valence-electron chi connectivity index (χ3n) is 3.08. The first kappa shape index (κ1) is 15.8. The van der Waals surface area contributed by atoms with Gasteiger partial charge in [-0.15, -0.1) is 10.2 Å². The van der Waals surface area contributed by atoms with Crippen LogP contribution in [0, 0.1) is 15.9 Å². The molecular weight excluding hydrogens is 337 g/mol. The third-order valence-corrected chi connectivity index (χ3v) is 3.35. The molecule has 120 valence electrons. The van der Waals surface area contributed by atoms with Crippen LogP contribution in [0.3, 0.4) is 0 Å². The highest BCUT2D eigenvalue weighted by Crippen LogP contribution is 2.27. The van der Waals surface area contributed by atoms with Crippen molar-refractivity contribution in [1.29, 1.82) is 0 Å². The predicted octanol–water partition coefficient (Wildman–Crippen LogP) is 4.52. The molecular formula is C16H9ClFN3O3. The molecule has 0 N–H and O–H groups in total. The SMILES string of the molecule is O=[N+]([O-])c1cccc(-c2nnc(/C(Cl)=C/c3cccc(F)c3)o2)c1. The number of non-ortho nitro benzene ring substituents is 1. The number of benzene rings is 2. The molecule has 0 atom stereocenters. The van der Waals surface area contributed by atoms with E-state index >= 15 is 0 Å². The van der Waals surface area contributed by atoms with E-state index in [0.29, 0.717) is 11.1 Å². The van der Waals surface area contributed by atoms with E-state index in [9.17, 15) is 14.5 Å². The molecule has 6 nitrogen and oxygen atoms in total. The van der Waals surface area contributed by atoms with Gasteiger partial charge in [-0.3, -0.25) is 10.1 Å². The molecule has 1 heterocycles.